The zero-order valence-corrected chi connectivity index (χ0v) is 21.0. The monoisotopic (exact) mass is 564 g/mol. The molecule has 6 nitrogen and oxygen atoms in total. The molecule has 2 aromatic heterocycles. The predicted octanol–water partition coefficient (Wildman–Crippen LogP) is 5.28. The SMILES string of the molecule is CCOC(=O)C(C)c1nc(C(F)(F)F)c(Br)n1-c1ccc(-c2ccc(CO)c(S(C)=O)c2)s1. The van der Waals surface area contributed by atoms with Crippen LogP contribution in [0.2, 0.25) is 0 Å². The first-order valence-electron chi connectivity index (χ1n) is 9.69. The van der Waals surface area contributed by atoms with Gasteiger partial charge in [-0.25, -0.2) is 4.98 Å². The van der Waals surface area contributed by atoms with Crippen molar-refractivity contribution in [2.45, 2.75) is 37.4 Å². The highest BCUT2D eigenvalue weighted by Crippen LogP contribution is 2.41. The third kappa shape index (κ3) is 5.23. The lowest BCUT2D eigenvalue weighted by Crippen LogP contribution is -2.17. The van der Waals surface area contributed by atoms with E-state index in [1.54, 1.807) is 37.3 Å². The quantitative estimate of drug-likeness (QED) is 0.395. The molecule has 1 aromatic carbocycles. The summed E-state index contributed by atoms with van der Waals surface area (Å²) in [6.45, 7) is 2.88. The minimum Gasteiger partial charge on any atom is -0.465 e. The highest BCUT2D eigenvalue weighted by Gasteiger charge is 2.40. The minimum absolute atomic E-state index is 0.0886. The third-order valence-electron chi connectivity index (χ3n) is 4.79. The summed E-state index contributed by atoms with van der Waals surface area (Å²) in [6, 6.07) is 8.42. The molecular weight excluding hydrogens is 545 g/mol. The molecule has 0 aliphatic rings. The summed E-state index contributed by atoms with van der Waals surface area (Å²) in [5.74, 6) is -1.83. The van der Waals surface area contributed by atoms with E-state index in [1.165, 1.54) is 29.1 Å². The molecule has 0 bridgehead atoms. The molecule has 3 rings (SSSR count). The van der Waals surface area contributed by atoms with Gasteiger partial charge in [0.1, 0.15) is 21.3 Å². The Morgan fingerprint density at radius 3 is 2.61 bits per heavy atom. The molecule has 0 amide bonds. The maximum absolute atomic E-state index is 13.6. The van der Waals surface area contributed by atoms with E-state index in [-0.39, 0.29) is 23.6 Å². The molecule has 178 valence electrons. The molecular formula is C21H20BrF3N2O4S2. The van der Waals surface area contributed by atoms with Gasteiger partial charge >= 0.3 is 12.1 Å². The Bertz CT molecular complexity index is 1210. The Labute approximate surface area is 203 Å². The number of carbonyl (C=O) groups is 1. The second-order valence-corrected chi connectivity index (χ2v) is 10.2. The Kier molecular flexibility index (Phi) is 7.82. The first-order valence-corrected chi connectivity index (χ1v) is 12.9. The van der Waals surface area contributed by atoms with Gasteiger partial charge in [-0.15, -0.1) is 11.3 Å². The molecule has 2 heterocycles. The van der Waals surface area contributed by atoms with Gasteiger partial charge in [-0.3, -0.25) is 13.6 Å². The number of rotatable bonds is 7. The average molecular weight is 565 g/mol. The second kappa shape index (κ2) is 10.1. The van der Waals surface area contributed by atoms with E-state index in [2.05, 4.69) is 20.9 Å². The highest BCUT2D eigenvalue weighted by atomic mass is 79.9. The number of hydrogen-bond acceptors (Lipinski definition) is 6. The summed E-state index contributed by atoms with van der Waals surface area (Å²) < 4.78 is 58.7. The first kappa shape index (κ1) is 25.6. The van der Waals surface area contributed by atoms with Gasteiger partial charge in [0.25, 0.3) is 0 Å². The van der Waals surface area contributed by atoms with Gasteiger partial charge in [0.05, 0.1) is 24.0 Å². The largest absolute Gasteiger partial charge is 0.465 e. The van der Waals surface area contributed by atoms with E-state index in [0.29, 0.717) is 25.9 Å². The third-order valence-corrected chi connectivity index (χ3v) is 7.64. The number of hydrogen-bond donors (Lipinski definition) is 1. The van der Waals surface area contributed by atoms with E-state index >= 15 is 0 Å². The molecule has 0 aliphatic heterocycles. The van der Waals surface area contributed by atoms with Crippen LogP contribution in [0.5, 0.6) is 0 Å². The van der Waals surface area contributed by atoms with Gasteiger partial charge in [-0.05, 0) is 59.1 Å². The zero-order valence-electron chi connectivity index (χ0n) is 17.8. The van der Waals surface area contributed by atoms with Crippen molar-refractivity contribution >= 4 is 44.0 Å². The van der Waals surface area contributed by atoms with Gasteiger partial charge in [0, 0.05) is 16.0 Å². The smallest absolute Gasteiger partial charge is 0.436 e. The van der Waals surface area contributed by atoms with Crippen molar-refractivity contribution < 1.29 is 32.0 Å². The Hall–Kier alpha value is -2.02. The fourth-order valence-electron chi connectivity index (χ4n) is 3.18. The molecule has 0 fully saturated rings. The summed E-state index contributed by atoms with van der Waals surface area (Å²) in [7, 11) is -1.34. The van der Waals surface area contributed by atoms with Crippen LogP contribution >= 0.6 is 27.3 Å². The number of aliphatic hydroxyl groups is 1. The van der Waals surface area contributed by atoms with Gasteiger partial charge in [0.2, 0.25) is 0 Å². The highest BCUT2D eigenvalue weighted by molar-refractivity contribution is 9.10. The van der Waals surface area contributed by atoms with E-state index in [4.69, 9.17) is 4.74 Å². The van der Waals surface area contributed by atoms with Crippen molar-refractivity contribution in [2.75, 3.05) is 12.9 Å². The van der Waals surface area contributed by atoms with Crippen LogP contribution in [0.3, 0.4) is 0 Å². The number of halogens is 4. The van der Waals surface area contributed by atoms with Crippen molar-refractivity contribution in [3.05, 3.63) is 52.0 Å². The number of aliphatic hydroxyl groups excluding tert-OH is 1. The van der Waals surface area contributed by atoms with Gasteiger partial charge < -0.3 is 9.84 Å². The van der Waals surface area contributed by atoms with Crippen molar-refractivity contribution in [1.82, 2.24) is 9.55 Å². The normalized spacial score (nSPS) is 13.7. The van der Waals surface area contributed by atoms with Gasteiger partial charge in [0.15, 0.2) is 5.69 Å². The lowest BCUT2D eigenvalue weighted by atomic mass is 10.1. The molecule has 2 unspecified atom stereocenters. The van der Waals surface area contributed by atoms with Crippen molar-refractivity contribution in [3.8, 4) is 15.4 Å². The molecule has 33 heavy (non-hydrogen) atoms. The summed E-state index contributed by atoms with van der Waals surface area (Å²) in [5, 5.41) is 9.87. The van der Waals surface area contributed by atoms with E-state index in [1.807, 2.05) is 0 Å². The Morgan fingerprint density at radius 1 is 1.33 bits per heavy atom. The molecule has 0 spiro atoms. The van der Waals surface area contributed by atoms with Crippen molar-refractivity contribution in [1.29, 1.82) is 0 Å². The number of thiophene rings is 1. The van der Waals surface area contributed by atoms with Crippen LogP contribution in [-0.2, 0) is 33.1 Å². The maximum Gasteiger partial charge on any atom is 0.436 e. The van der Waals surface area contributed by atoms with Gasteiger partial charge in [-0.1, -0.05) is 12.1 Å². The van der Waals surface area contributed by atoms with Crippen LogP contribution in [0.15, 0.2) is 39.8 Å². The number of aromatic nitrogens is 2. The zero-order chi connectivity index (χ0) is 24.5. The summed E-state index contributed by atoms with van der Waals surface area (Å²) in [6.07, 6.45) is -3.23. The molecule has 0 radical (unpaired) electrons. The Morgan fingerprint density at radius 2 is 2.03 bits per heavy atom. The molecule has 2 atom stereocenters. The van der Waals surface area contributed by atoms with E-state index in [9.17, 15) is 27.3 Å². The van der Waals surface area contributed by atoms with Crippen LogP contribution in [0.4, 0.5) is 13.2 Å². The predicted molar refractivity (Wildman–Crippen MR) is 123 cm³/mol. The molecule has 0 saturated heterocycles. The first-order chi connectivity index (χ1) is 15.5. The molecule has 0 saturated carbocycles. The standard InChI is InChI=1S/C21H20BrF3N2O4S2/c1-4-31-20(29)11(2)19-26-17(21(23,24)25)18(22)27(19)16-8-7-14(32-16)12-5-6-13(10-28)15(9-12)33(3)30/h5-9,11,28H,4,10H2,1-3H3. The molecule has 0 aliphatic carbocycles. The fourth-order valence-corrected chi connectivity index (χ4v) is 5.80. The number of benzene rings is 1. The van der Waals surface area contributed by atoms with Crippen LogP contribution in [0.25, 0.3) is 15.4 Å². The molecule has 12 heteroatoms. The lowest BCUT2D eigenvalue weighted by Gasteiger charge is -2.12. The topological polar surface area (TPSA) is 81.4 Å². The second-order valence-electron chi connectivity index (χ2n) is 6.99. The molecule has 1 N–H and O–H groups in total. The minimum atomic E-state index is -4.73. The number of carbonyl (C=O) groups excluding carboxylic acids is 1. The van der Waals surface area contributed by atoms with E-state index < -0.39 is 34.6 Å². The van der Waals surface area contributed by atoms with Gasteiger partial charge in [-0.2, -0.15) is 13.2 Å². The average Bonchev–Trinajstić information content (AvgIpc) is 3.37. The van der Waals surface area contributed by atoms with Crippen LogP contribution in [-0.4, -0.2) is 37.7 Å². The summed E-state index contributed by atoms with van der Waals surface area (Å²) in [4.78, 5) is 17.2. The summed E-state index contributed by atoms with van der Waals surface area (Å²) in [5.41, 5.74) is 0.0922. The van der Waals surface area contributed by atoms with Crippen LogP contribution < -0.4 is 0 Å². The summed E-state index contributed by atoms with van der Waals surface area (Å²) >= 11 is 4.19. The number of imidazole rings is 1. The van der Waals surface area contributed by atoms with Crippen molar-refractivity contribution in [3.63, 3.8) is 0 Å². The fraction of sp³-hybridized carbons (Fsp3) is 0.333. The number of ether oxygens (including phenoxy) is 1. The van der Waals surface area contributed by atoms with Crippen LogP contribution in [0, 0.1) is 0 Å². The number of esters is 1. The number of nitrogens with zero attached hydrogens (tertiary/aromatic N) is 2. The molecule has 3 aromatic rings. The Balaban J connectivity index is 2.13. The van der Waals surface area contributed by atoms with E-state index in [0.717, 1.165) is 0 Å². The maximum atomic E-state index is 13.6. The van der Waals surface area contributed by atoms with Crippen LogP contribution in [0.1, 0.15) is 36.8 Å². The number of alkyl halides is 3. The van der Waals surface area contributed by atoms with Crippen molar-refractivity contribution in [2.24, 2.45) is 0 Å². The lowest BCUT2D eigenvalue weighted by molar-refractivity contribution is -0.145.